The van der Waals surface area contributed by atoms with Crippen LogP contribution in [0.4, 0.5) is 4.39 Å². The van der Waals surface area contributed by atoms with Crippen molar-refractivity contribution in [3.05, 3.63) is 59.5 Å². The van der Waals surface area contributed by atoms with Crippen LogP contribution in [0.1, 0.15) is 11.1 Å². The molecule has 1 heterocycles. The summed E-state index contributed by atoms with van der Waals surface area (Å²) in [5.74, 6) is 0.124. The number of oxime groups is 1. The summed E-state index contributed by atoms with van der Waals surface area (Å²) in [6.45, 7) is 0. The van der Waals surface area contributed by atoms with Crippen LogP contribution >= 0.6 is 0 Å². The summed E-state index contributed by atoms with van der Waals surface area (Å²) in [6, 6.07) is 9.05. The molecule has 0 saturated heterocycles. The minimum atomic E-state index is -0.344. The van der Waals surface area contributed by atoms with Crippen LogP contribution in [0.3, 0.4) is 0 Å². The Hall–Kier alpha value is -2.43. The van der Waals surface area contributed by atoms with E-state index in [1.807, 2.05) is 0 Å². The minimum absolute atomic E-state index is 0.324. The highest BCUT2D eigenvalue weighted by Crippen LogP contribution is 2.13. The van der Waals surface area contributed by atoms with Crippen molar-refractivity contribution >= 4 is 5.71 Å². The third-order valence-corrected chi connectivity index (χ3v) is 2.44. The van der Waals surface area contributed by atoms with Gasteiger partial charge in [0, 0.05) is 23.4 Å². The molecule has 1 N–H and O–H groups in total. The Morgan fingerprint density at radius 2 is 1.83 bits per heavy atom. The topological polar surface area (TPSA) is 54.7 Å². The number of benzene rings is 1. The van der Waals surface area contributed by atoms with Crippen molar-refractivity contribution in [3.8, 4) is 5.88 Å². The lowest BCUT2D eigenvalue weighted by Crippen LogP contribution is -2.04. The zero-order valence-corrected chi connectivity index (χ0v) is 9.67. The summed E-state index contributed by atoms with van der Waals surface area (Å²) in [5, 5.41) is 12.3. The largest absolute Gasteiger partial charge is 0.481 e. The normalized spacial score (nSPS) is 11.3. The fraction of sp³-hybridized carbons (Fsp3) is 0.0769. The number of hydrogen-bond donors (Lipinski definition) is 1. The first-order valence-electron chi connectivity index (χ1n) is 5.23. The third-order valence-electron chi connectivity index (χ3n) is 2.44. The van der Waals surface area contributed by atoms with E-state index in [0.717, 1.165) is 0 Å². The van der Waals surface area contributed by atoms with Crippen molar-refractivity contribution in [1.29, 1.82) is 0 Å². The quantitative estimate of drug-likeness (QED) is 0.514. The Kier molecular flexibility index (Phi) is 3.52. The van der Waals surface area contributed by atoms with Crippen molar-refractivity contribution in [2.75, 3.05) is 7.11 Å². The molecule has 0 atom stereocenters. The van der Waals surface area contributed by atoms with E-state index in [1.54, 1.807) is 12.1 Å². The van der Waals surface area contributed by atoms with Gasteiger partial charge in [0.1, 0.15) is 11.5 Å². The predicted molar refractivity (Wildman–Crippen MR) is 64.6 cm³/mol. The van der Waals surface area contributed by atoms with Crippen LogP contribution in [0.5, 0.6) is 5.88 Å². The number of rotatable bonds is 3. The maximum Gasteiger partial charge on any atom is 0.212 e. The fourth-order valence-corrected chi connectivity index (χ4v) is 1.53. The lowest BCUT2D eigenvalue weighted by Gasteiger charge is -2.05. The summed E-state index contributed by atoms with van der Waals surface area (Å²) < 4.78 is 17.8. The molecule has 0 amide bonds. The van der Waals surface area contributed by atoms with Crippen LogP contribution < -0.4 is 4.74 Å². The van der Waals surface area contributed by atoms with Gasteiger partial charge in [0.2, 0.25) is 5.88 Å². The van der Waals surface area contributed by atoms with Gasteiger partial charge in [-0.2, -0.15) is 0 Å². The fourth-order valence-electron chi connectivity index (χ4n) is 1.53. The number of methoxy groups -OCH3 is 1. The maximum absolute atomic E-state index is 12.8. The second-order valence-electron chi connectivity index (χ2n) is 3.54. The Morgan fingerprint density at radius 3 is 2.33 bits per heavy atom. The van der Waals surface area contributed by atoms with Gasteiger partial charge >= 0.3 is 0 Å². The number of pyridine rings is 1. The molecule has 4 nitrogen and oxygen atoms in total. The van der Waals surface area contributed by atoms with E-state index in [2.05, 4.69) is 10.1 Å². The van der Waals surface area contributed by atoms with E-state index < -0.39 is 0 Å². The van der Waals surface area contributed by atoms with E-state index in [0.29, 0.717) is 22.7 Å². The Balaban J connectivity index is 2.36. The van der Waals surface area contributed by atoms with E-state index in [-0.39, 0.29) is 5.82 Å². The predicted octanol–water partition coefficient (Wildman–Crippen LogP) is 2.46. The lowest BCUT2D eigenvalue weighted by molar-refractivity contribution is 0.319. The van der Waals surface area contributed by atoms with Crippen molar-refractivity contribution in [3.63, 3.8) is 0 Å². The molecule has 0 bridgehead atoms. The van der Waals surface area contributed by atoms with Crippen LogP contribution in [0.15, 0.2) is 47.8 Å². The first kappa shape index (κ1) is 12.0. The molecule has 18 heavy (non-hydrogen) atoms. The van der Waals surface area contributed by atoms with Gasteiger partial charge in [-0.3, -0.25) is 0 Å². The zero-order valence-electron chi connectivity index (χ0n) is 9.67. The molecule has 1 aromatic carbocycles. The average Bonchev–Trinajstić information content (AvgIpc) is 2.42. The smallest absolute Gasteiger partial charge is 0.212 e. The first-order chi connectivity index (χ1) is 8.74. The summed E-state index contributed by atoms with van der Waals surface area (Å²) in [4.78, 5) is 4.02. The minimum Gasteiger partial charge on any atom is -0.481 e. The molecule has 0 unspecified atom stereocenters. The lowest BCUT2D eigenvalue weighted by atomic mass is 10.0. The summed E-state index contributed by atoms with van der Waals surface area (Å²) >= 11 is 0. The van der Waals surface area contributed by atoms with Gasteiger partial charge in [-0.1, -0.05) is 5.16 Å². The van der Waals surface area contributed by atoms with Gasteiger partial charge in [0.25, 0.3) is 0 Å². The van der Waals surface area contributed by atoms with E-state index >= 15 is 0 Å². The first-order valence-corrected chi connectivity index (χ1v) is 5.23. The number of hydrogen-bond acceptors (Lipinski definition) is 4. The van der Waals surface area contributed by atoms with Crippen LogP contribution in [0.2, 0.25) is 0 Å². The SMILES string of the molecule is COc1ccc(/C(=N\O)c2ccc(F)cc2)cn1. The summed E-state index contributed by atoms with van der Waals surface area (Å²) in [7, 11) is 1.52. The zero-order chi connectivity index (χ0) is 13.0. The molecular formula is C13H11FN2O2. The molecular weight excluding hydrogens is 235 g/mol. The van der Waals surface area contributed by atoms with Crippen molar-refractivity contribution < 1.29 is 14.3 Å². The molecule has 0 spiro atoms. The number of aromatic nitrogens is 1. The van der Waals surface area contributed by atoms with Crippen molar-refractivity contribution in [1.82, 2.24) is 4.98 Å². The number of halogens is 1. The van der Waals surface area contributed by atoms with Crippen LogP contribution in [0.25, 0.3) is 0 Å². The summed E-state index contributed by atoms with van der Waals surface area (Å²) in [5.41, 5.74) is 1.54. The molecule has 0 saturated carbocycles. The summed E-state index contributed by atoms with van der Waals surface area (Å²) in [6.07, 6.45) is 1.53. The van der Waals surface area contributed by atoms with Gasteiger partial charge < -0.3 is 9.94 Å². The molecule has 92 valence electrons. The van der Waals surface area contributed by atoms with Crippen molar-refractivity contribution in [2.45, 2.75) is 0 Å². The molecule has 0 radical (unpaired) electrons. The highest BCUT2D eigenvalue weighted by molar-refractivity contribution is 6.12. The molecule has 0 aliphatic rings. The molecule has 0 aliphatic heterocycles. The Bertz CT molecular complexity index is 550. The maximum atomic E-state index is 12.8. The molecule has 2 aromatic rings. The monoisotopic (exact) mass is 246 g/mol. The van der Waals surface area contributed by atoms with E-state index in [4.69, 9.17) is 9.94 Å². The third kappa shape index (κ3) is 2.45. The highest BCUT2D eigenvalue weighted by atomic mass is 19.1. The van der Waals surface area contributed by atoms with Gasteiger partial charge in [0.15, 0.2) is 0 Å². The van der Waals surface area contributed by atoms with Crippen LogP contribution in [-0.2, 0) is 0 Å². The van der Waals surface area contributed by atoms with E-state index in [9.17, 15) is 4.39 Å². The highest BCUT2D eigenvalue weighted by Gasteiger charge is 2.08. The number of nitrogens with zero attached hydrogens (tertiary/aromatic N) is 2. The van der Waals surface area contributed by atoms with Gasteiger partial charge in [0.05, 0.1) is 7.11 Å². The standard InChI is InChI=1S/C13H11FN2O2/c1-18-12-7-4-10(8-15-12)13(16-17)9-2-5-11(14)6-3-9/h2-8,17H,1H3/b16-13-. The van der Waals surface area contributed by atoms with Gasteiger partial charge in [-0.15, -0.1) is 0 Å². The van der Waals surface area contributed by atoms with Crippen LogP contribution in [-0.4, -0.2) is 23.0 Å². The van der Waals surface area contributed by atoms with Crippen molar-refractivity contribution in [2.24, 2.45) is 5.16 Å². The average molecular weight is 246 g/mol. The molecule has 2 rings (SSSR count). The molecule has 5 heteroatoms. The molecule has 0 aliphatic carbocycles. The van der Waals surface area contributed by atoms with E-state index in [1.165, 1.54) is 37.6 Å². The van der Waals surface area contributed by atoms with Crippen LogP contribution in [0, 0.1) is 5.82 Å². The second-order valence-corrected chi connectivity index (χ2v) is 3.54. The Labute approximate surface area is 103 Å². The van der Waals surface area contributed by atoms with Gasteiger partial charge in [-0.25, -0.2) is 9.37 Å². The second kappa shape index (κ2) is 5.27. The molecule has 0 fully saturated rings. The Morgan fingerprint density at radius 1 is 1.17 bits per heavy atom. The molecule has 1 aromatic heterocycles. The van der Waals surface area contributed by atoms with Gasteiger partial charge in [-0.05, 0) is 30.3 Å². The number of ether oxygens (including phenoxy) is 1.